The van der Waals surface area contributed by atoms with Gasteiger partial charge in [0.05, 0.1) is 0 Å². The number of likely N-dealkylation sites (tertiary alicyclic amines) is 1. The normalized spacial score (nSPS) is 17.9. The lowest BCUT2D eigenvalue weighted by Gasteiger charge is -2.18. The molecule has 2 N–H and O–H groups in total. The zero-order valence-corrected chi connectivity index (χ0v) is 14.9. The van der Waals surface area contributed by atoms with Crippen molar-refractivity contribution in [1.29, 1.82) is 0 Å². The fourth-order valence-corrected chi connectivity index (χ4v) is 3.11. The van der Waals surface area contributed by atoms with E-state index in [1.54, 1.807) is 0 Å². The van der Waals surface area contributed by atoms with E-state index in [2.05, 4.69) is 15.6 Å². The maximum Gasteiger partial charge on any atom is 0.222 e. The number of amides is 1. The van der Waals surface area contributed by atoms with Crippen molar-refractivity contribution in [2.24, 2.45) is 4.99 Å². The number of fused-ring (bicyclic) bond motifs is 1. The lowest BCUT2D eigenvalue weighted by molar-refractivity contribution is -0.129. The predicted octanol–water partition coefficient (Wildman–Crippen LogP) is 2.50. The molecule has 1 fully saturated rings. The molecule has 0 spiro atoms. The first-order valence-corrected chi connectivity index (χ1v) is 8.99. The number of hydrogen-bond donors (Lipinski definition) is 2. The van der Waals surface area contributed by atoms with E-state index in [-0.39, 0.29) is 11.9 Å². The first kappa shape index (κ1) is 17.3. The van der Waals surface area contributed by atoms with Gasteiger partial charge in [-0.3, -0.25) is 4.79 Å². The van der Waals surface area contributed by atoms with Crippen LogP contribution in [0.15, 0.2) is 39.7 Å². The van der Waals surface area contributed by atoms with E-state index in [4.69, 9.17) is 4.42 Å². The summed E-state index contributed by atoms with van der Waals surface area (Å²) in [6.45, 7) is 6.77. The second-order valence-corrected chi connectivity index (χ2v) is 6.27. The Balaban J connectivity index is 1.62. The van der Waals surface area contributed by atoms with Gasteiger partial charge in [-0.05, 0) is 25.5 Å². The van der Waals surface area contributed by atoms with E-state index in [0.29, 0.717) is 13.0 Å². The molecule has 0 bridgehead atoms. The highest BCUT2D eigenvalue weighted by molar-refractivity contribution is 5.81. The third kappa shape index (κ3) is 4.32. The first-order chi connectivity index (χ1) is 12.2. The van der Waals surface area contributed by atoms with Crippen LogP contribution >= 0.6 is 0 Å². The van der Waals surface area contributed by atoms with Gasteiger partial charge < -0.3 is 20.0 Å². The molecule has 2 aromatic rings. The van der Waals surface area contributed by atoms with Gasteiger partial charge in [0.15, 0.2) is 5.96 Å². The van der Waals surface area contributed by atoms with Crippen molar-refractivity contribution < 1.29 is 9.21 Å². The van der Waals surface area contributed by atoms with E-state index < -0.39 is 0 Å². The minimum Gasteiger partial charge on any atom is -0.459 e. The summed E-state index contributed by atoms with van der Waals surface area (Å²) in [5.74, 6) is 1.82. The van der Waals surface area contributed by atoms with Crippen molar-refractivity contribution in [2.75, 3.05) is 19.6 Å². The summed E-state index contributed by atoms with van der Waals surface area (Å²) in [6, 6.07) is 10.2. The molecule has 3 rings (SSSR count). The minimum atomic E-state index is 0.216. The van der Waals surface area contributed by atoms with Crippen LogP contribution < -0.4 is 10.6 Å². The SMILES string of the molecule is CCNC(=NCc1cc2ccccc2o1)NC1CCN(C(=O)CC)C1. The maximum absolute atomic E-state index is 11.8. The molecule has 1 aromatic carbocycles. The molecule has 1 aliphatic heterocycles. The Morgan fingerprint density at radius 1 is 1.36 bits per heavy atom. The fraction of sp³-hybridized carbons (Fsp3) is 0.474. The summed E-state index contributed by atoms with van der Waals surface area (Å²) in [4.78, 5) is 18.4. The van der Waals surface area contributed by atoms with Crippen molar-refractivity contribution in [1.82, 2.24) is 15.5 Å². The average molecular weight is 342 g/mol. The smallest absolute Gasteiger partial charge is 0.222 e. The van der Waals surface area contributed by atoms with Gasteiger partial charge in [-0.1, -0.05) is 25.1 Å². The van der Waals surface area contributed by atoms with Gasteiger partial charge in [-0.15, -0.1) is 0 Å². The Morgan fingerprint density at radius 2 is 2.20 bits per heavy atom. The monoisotopic (exact) mass is 342 g/mol. The third-order valence-electron chi connectivity index (χ3n) is 4.40. The zero-order valence-electron chi connectivity index (χ0n) is 14.9. The number of carbonyl (C=O) groups is 1. The number of aliphatic imine (C=N–C) groups is 1. The number of carbonyl (C=O) groups excluding carboxylic acids is 1. The van der Waals surface area contributed by atoms with Crippen LogP contribution in [-0.2, 0) is 11.3 Å². The Hall–Kier alpha value is -2.50. The van der Waals surface area contributed by atoms with Crippen molar-refractivity contribution in [3.63, 3.8) is 0 Å². The Labute approximate surface area is 148 Å². The van der Waals surface area contributed by atoms with Crippen molar-refractivity contribution in [3.05, 3.63) is 36.1 Å². The van der Waals surface area contributed by atoms with E-state index in [0.717, 1.165) is 48.7 Å². The summed E-state index contributed by atoms with van der Waals surface area (Å²) in [5.41, 5.74) is 0.884. The minimum absolute atomic E-state index is 0.216. The average Bonchev–Trinajstić information content (AvgIpc) is 3.25. The number of nitrogens with one attached hydrogen (secondary N) is 2. The van der Waals surface area contributed by atoms with Crippen LogP contribution in [0, 0.1) is 0 Å². The van der Waals surface area contributed by atoms with Gasteiger partial charge in [-0.2, -0.15) is 0 Å². The molecular formula is C19H26N4O2. The highest BCUT2D eigenvalue weighted by Gasteiger charge is 2.25. The summed E-state index contributed by atoms with van der Waals surface area (Å²) in [6.07, 6.45) is 1.51. The molecule has 1 amide bonds. The molecule has 2 heterocycles. The molecule has 1 atom stereocenters. The number of nitrogens with zero attached hydrogens (tertiary/aromatic N) is 2. The van der Waals surface area contributed by atoms with Gasteiger partial charge >= 0.3 is 0 Å². The molecule has 25 heavy (non-hydrogen) atoms. The number of furan rings is 1. The molecule has 1 aromatic heterocycles. The second-order valence-electron chi connectivity index (χ2n) is 6.27. The van der Waals surface area contributed by atoms with Crippen molar-refractivity contribution in [3.8, 4) is 0 Å². The third-order valence-corrected chi connectivity index (χ3v) is 4.40. The van der Waals surface area contributed by atoms with Gasteiger partial charge in [0.1, 0.15) is 17.9 Å². The van der Waals surface area contributed by atoms with E-state index in [1.165, 1.54) is 0 Å². The highest BCUT2D eigenvalue weighted by atomic mass is 16.3. The quantitative estimate of drug-likeness (QED) is 0.647. The zero-order chi connectivity index (χ0) is 17.6. The molecule has 0 aliphatic carbocycles. The molecule has 6 heteroatoms. The number of benzene rings is 1. The van der Waals surface area contributed by atoms with Crippen molar-refractivity contribution >= 4 is 22.8 Å². The lowest BCUT2D eigenvalue weighted by atomic mass is 10.2. The van der Waals surface area contributed by atoms with E-state index >= 15 is 0 Å². The summed E-state index contributed by atoms with van der Waals surface area (Å²) in [7, 11) is 0. The van der Waals surface area contributed by atoms with Gasteiger partial charge in [0, 0.05) is 37.5 Å². The molecular weight excluding hydrogens is 316 g/mol. The molecule has 134 valence electrons. The van der Waals surface area contributed by atoms with Crippen LogP contribution in [0.4, 0.5) is 0 Å². The van der Waals surface area contributed by atoms with Gasteiger partial charge in [0.2, 0.25) is 5.91 Å². The van der Waals surface area contributed by atoms with Crippen LogP contribution in [0.5, 0.6) is 0 Å². The van der Waals surface area contributed by atoms with Crippen LogP contribution in [0.1, 0.15) is 32.4 Å². The molecule has 6 nitrogen and oxygen atoms in total. The number of guanidine groups is 1. The van der Waals surface area contributed by atoms with Gasteiger partial charge in [-0.25, -0.2) is 4.99 Å². The lowest BCUT2D eigenvalue weighted by Crippen LogP contribution is -2.45. The van der Waals surface area contributed by atoms with Gasteiger partial charge in [0.25, 0.3) is 0 Å². The number of para-hydroxylation sites is 1. The Morgan fingerprint density at radius 3 is 2.96 bits per heavy atom. The second kappa shape index (κ2) is 8.05. The number of rotatable bonds is 5. The Bertz CT molecular complexity index is 720. The van der Waals surface area contributed by atoms with Crippen molar-refractivity contribution in [2.45, 2.75) is 39.3 Å². The van der Waals surface area contributed by atoms with E-state index in [1.807, 2.05) is 49.1 Å². The van der Waals surface area contributed by atoms with Crippen LogP contribution in [0.25, 0.3) is 11.0 Å². The first-order valence-electron chi connectivity index (χ1n) is 8.99. The predicted molar refractivity (Wildman–Crippen MR) is 99.4 cm³/mol. The summed E-state index contributed by atoms with van der Waals surface area (Å²) < 4.78 is 5.81. The highest BCUT2D eigenvalue weighted by Crippen LogP contribution is 2.19. The van der Waals surface area contributed by atoms with Crippen LogP contribution in [0.2, 0.25) is 0 Å². The largest absolute Gasteiger partial charge is 0.459 e. The van der Waals surface area contributed by atoms with Crippen LogP contribution in [-0.4, -0.2) is 42.4 Å². The van der Waals surface area contributed by atoms with E-state index in [9.17, 15) is 4.79 Å². The number of hydrogen-bond acceptors (Lipinski definition) is 3. The standard InChI is InChI=1S/C19H26N4O2/c1-3-18(24)23-10-9-15(13-23)22-19(20-4-2)21-12-16-11-14-7-5-6-8-17(14)25-16/h5-8,11,15H,3-4,9-10,12-13H2,1-2H3,(H2,20,21,22). The summed E-state index contributed by atoms with van der Waals surface area (Å²) >= 11 is 0. The van der Waals surface area contributed by atoms with Crippen LogP contribution in [0.3, 0.4) is 0 Å². The molecule has 0 saturated carbocycles. The topological polar surface area (TPSA) is 69.9 Å². The maximum atomic E-state index is 11.8. The molecule has 1 aliphatic rings. The fourth-order valence-electron chi connectivity index (χ4n) is 3.11. The summed E-state index contributed by atoms with van der Waals surface area (Å²) in [5, 5.41) is 7.79. The Kier molecular flexibility index (Phi) is 5.58. The molecule has 1 unspecified atom stereocenters. The molecule has 0 radical (unpaired) electrons. The molecule has 1 saturated heterocycles.